The van der Waals surface area contributed by atoms with Crippen LogP contribution in [0.3, 0.4) is 0 Å². The first-order valence-electron chi connectivity index (χ1n) is 5.52. The Hall–Kier alpha value is -0.800. The van der Waals surface area contributed by atoms with E-state index in [1.165, 1.54) is 5.69 Å². The SMILES string of the molecule is CC(C)c1cc(CBr)nn1-c1ccc(Cl)cc1. The van der Waals surface area contributed by atoms with Crippen LogP contribution in [0.15, 0.2) is 30.3 Å². The van der Waals surface area contributed by atoms with Crippen molar-refractivity contribution in [3.63, 3.8) is 0 Å². The highest BCUT2D eigenvalue weighted by Gasteiger charge is 2.11. The van der Waals surface area contributed by atoms with Crippen molar-refractivity contribution in [2.45, 2.75) is 25.1 Å². The normalized spacial score (nSPS) is 11.1. The fourth-order valence-corrected chi connectivity index (χ4v) is 2.11. The molecule has 0 saturated heterocycles. The molecule has 0 aliphatic heterocycles. The number of alkyl halides is 1. The van der Waals surface area contributed by atoms with Gasteiger partial charge in [0, 0.05) is 16.0 Å². The zero-order chi connectivity index (χ0) is 12.4. The summed E-state index contributed by atoms with van der Waals surface area (Å²) in [4.78, 5) is 0. The van der Waals surface area contributed by atoms with Gasteiger partial charge in [-0.1, -0.05) is 41.4 Å². The van der Waals surface area contributed by atoms with Crippen LogP contribution >= 0.6 is 27.5 Å². The molecule has 0 N–H and O–H groups in total. The number of nitrogens with zero attached hydrogens (tertiary/aromatic N) is 2. The maximum atomic E-state index is 5.90. The second kappa shape index (κ2) is 5.23. The van der Waals surface area contributed by atoms with E-state index in [-0.39, 0.29) is 0 Å². The van der Waals surface area contributed by atoms with Crippen molar-refractivity contribution in [1.29, 1.82) is 0 Å². The highest BCUT2D eigenvalue weighted by Crippen LogP contribution is 2.22. The molecular formula is C13H14BrClN2. The minimum Gasteiger partial charge on any atom is -0.237 e. The van der Waals surface area contributed by atoms with Crippen LogP contribution in [0.1, 0.15) is 31.2 Å². The largest absolute Gasteiger partial charge is 0.237 e. The first kappa shape index (κ1) is 12.7. The number of aromatic nitrogens is 2. The first-order valence-corrected chi connectivity index (χ1v) is 7.02. The second-order valence-corrected chi connectivity index (χ2v) is 5.23. The van der Waals surface area contributed by atoms with E-state index in [0.717, 1.165) is 21.7 Å². The maximum absolute atomic E-state index is 5.90. The molecule has 2 aromatic rings. The third-order valence-electron chi connectivity index (χ3n) is 2.59. The summed E-state index contributed by atoms with van der Waals surface area (Å²) >= 11 is 9.34. The first-order chi connectivity index (χ1) is 8.11. The molecule has 0 fully saturated rings. The minimum absolute atomic E-state index is 0.436. The number of rotatable bonds is 3. The van der Waals surface area contributed by atoms with Crippen LogP contribution in [0.4, 0.5) is 0 Å². The zero-order valence-electron chi connectivity index (χ0n) is 9.82. The Morgan fingerprint density at radius 3 is 2.47 bits per heavy atom. The standard InChI is InChI=1S/C13H14BrClN2/c1-9(2)13-7-11(8-14)16-17(13)12-5-3-10(15)4-6-12/h3-7,9H,8H2,1-2H3. The number of hydrogen-bond donors (Lipinski definition) is 0. The van der Waals surface area contributed by atoms with Gasteiger partial charge in [-0.25, -0.2) is 4.68 Å². The van der Waals surface area contributed by atoms with Crippen LogP contribution < -0.4 is 0 Å². The highest BCUT2D eigenvalue weighted by atomic mass is 79.9. The van der Waals surface area contributed by atoms with Crippen molar-refractivity contribution in [2.75, 3.05) is 0 Å². The van der Waals surface area contributed by atoms with E-state index >= 15 is 0 Å². The van der Waals surface area contributed by atoms with Crippen LogP contribution in [-0.4, -0.2) is 9.78 Å². The fourth-order valence-electron chi connectivity index (χ4n) is 1.71. The van der Waals surface area contributed by atoms with E-state index in [0.29, 0.717) is 5.92 Å². The summed E-state index contributed by atoms with van der Waals surface area (Å²) < 4.78 is 1.98. The predicted octanol–water partition coefficient (Wildman–Crippen LogP) is 4.54. The lowest BCUT2D eigenvalue weighted by molar-refractivity contribution is 0.731. The molecular weight excluding hydrogens is 300 g/mol. The van der Waals surface area contributed by atoms with Gasteiger partial charge in [0.05, 0.1) is 11.4 Å². The molecule has 0 aliphatic rings. The van der Waals surface area contributed by atoms with Gasteiger partial charge in [-0.3, -0.25) is 0 Å². The average molecular weight is 314 g/mol. The molecule has 1 heterocycles. The van der Waals surface area contributed by atoms with Gasteiger partial charge in [0.25, 0.3) is 0 Å². The topological polar surface area (TPSA) is 17.8 Å². The summed E-state index contributed by atoms with van der Waals surface area (Å²) in [5.74, 6) is 0.436. The molecule has 90 valence electrons. The summed E-state index contributed by atoms with van der Waals surface area (Å²) in [6, 6.07) is 9.87. The average Bonchev–Trinajstić information content (AvgIpc) is 2.74. The van der Waals surface area contributed by atoms with E-state index in [9.17, 15) is 0 Å². The lowest BCUT2D eigenvalue weighted by Gasteiger charge is -2.09. The Labute approximate surface area is 115 Å². The lowest BCUT2D eigenvalue weighted by Crippen LogP contribution is -2.03. The van der Waals surface area contributed by atoms with Crippen LogP contribution in [0, 0.1) is 0 Å². The third-order valence-corrected chi connectivity index (χ3v) is 3.41. The quantitative estimate of drug-likeness (QED) is 0.760. The monoisotopic (exact) mass is 312 g/mol. The molecule has 0 aliphatic carbocycles. The fraction of sp³-hybridized carbons (Fsp3) is 0.308. The van der Waals surface area contributed by atoms with Crippen LogP contribution in [-0.2, 0) is 5.33 Å². The second-order valence-electron chi connectivity index (χ2n) is 4.24. The third kappa shape index (κ3) is 2.72. The summed E-state index contributed by atoms with van der Waals surface area (Å²) in [7, 11) is 0. The number of halogens is 2. The van der Waals surface area contributed by atoms with E-state index in [1.807, 2.05) is 28.9 Å². The molecule has 1 aromatic heterocycles. The van der Waals surface area contributed by atoms with E-state index < -0.39 is 0 Å². The van der Waals surface area contributed by atoms with Crippen LogP contribution in [0.5, 0.6) is 0 Å². The van der Waals surface area contributed by atoms with Gasteiger partial charge in [-0.05, 0) is 36.2 Å². The zero-order valence-corrected chi connectivity index (χ0v) is 12.2. The van der Waals surface area contributed by atoms with Gasteiger partial charge in [-0.2, -0.15) is 5.10 Å². The number of benzene rings is 1. The Bertz CT molecular complexity index is 503. The minimum atomic E-state index is 0.436. The molecule has 1 aromatic carbocycles. The smallest absolute Gasteiger partial charge is 0.0737 e. The van der Waals surface area contributed by atoms with Crippen LogP contribution in [0.25, 0.3) is 5.69 Å². The van der Waals surface area contributed by atoms with Crippen molar-refractivity contribution in [2.24, 2.45) is 0 Å². The van der Waals surface area contributed by atoms with Gasteiger partial charge >= 0.3 is 0 Å². The Balaban J connectivity index is 2.49. The van der Waals surface area contributed by atoms with Crippen molar-refractivity contribution in [3.8, 4) is 5.69 Å². The Morgan fingerprint density at radius 1 is 1.29 bits per heavy atom. The van der Waals surface area contributed by atoms with Crippen molar-refractivity contribution in [3.05, 3.63) is 46.7 Å². The molecule has 0 saturated carbocycles. The summed E-state index contributed by atoms with van der Waals surface area (Å²) in [5, 5.41) is 6.09. The molecule has 0 atom stereocenters. The molecule has 2 rings (SSSR count). The molecule has 0 amide bonds. The van der Waals surface area contributed by atoms with Crippen LogP contribution in [0.2, 0.25) is 5.02 Å². The molecule has 2 nitrogen and oxygen atoms in total. The van der Waals surface area contributed by atoms with E-state index in [2.05, 4.69) is 40.9 Å². The van der Waals surface area contributed by atoms with Crippen molar-refractivity contribution in [1.82, 2.24) is 9.78 Å². The summed E-state index contributed by atoms with van der Waals surface area (Å²) in [6.07, 6.45) is 0. The Kier molecular flexibility index (Phi) is 3.89. The van der Waals surface area contributed by atoms with Crippen molar-refractivity contribution >= 4 is 27.5 Å². The molecule has 0 unspecified atom stereocenters. The molecule has 17 heavy (non-hydrogen) atoms. The van der Waals surface area contributed by atoms with Gasteiger partial charge in [0.2, 0.25) is 0 Å². The number of hydrogen-bond acceptors (Lipinski definition) is 1. The van der Waals surface area contributed by atoms with Gasteiger partial charge in [-0.15, -0.1) is 0 Å². The lowest BCUT2D eigenvalue weighted by atomic mass is 10.1. The summed E-state index contributed by atoms with van der Waals surface area (Å²) in [5.41, 5.74) is 3.30. The van der Waals surface area contributed by atoms with Gasteiger partial charge in [0.15, 0.2) is 0 Å². The summed E-state index contributed by atoms with van der Waals surface area (Å²) in [6.45, 7) is 4.34. The van der Waals surface area contributed by atoms with E-state index in [1.54, 1.807) is 0 Å². The maximum Gasteiger partial charge on any atom is 0.0737 e. The predicted molar refractivity (Wildman–Crippen MR) is 75.3 cm³/mol. The Morgan fingerprint density at radius 2 is 1.94 bits per heavy atom. The van der Waals surface area contributed by atoms with Gasteiger partial charge < -0.3 is 0 Å². The molecule has 0 bridgehead atoms. The van der Waals surface area contributed by atoms with Crippen molar-refractivity contribution < 1.29 is 0 Å². The highest BCUT2D eigenvalue weighted by molar-refractivity contribution is 9.08. The van der Waals surface area contributed by atoms with E-state index in [4.69, 9.17) is 11.6 Å². The molecule has 4 heteroatoms. The molecule has 0 radical (unpaired) electrons. The van der Waals surface area contributed by atoms with Gasteiger partial charge in [0.1, 0.15) is 0 Å². The molecule has 0 spiro atoms.